The van der Waals surface area contributed by atoms with Crippen LogP contribution in [-0.4, -0.2) is 9.91 Å². The average Bonchev–Trinajstić information content (AvgIpc) is 2.40. The Morgan fingerprint density at radius 1 is 1.33 bits per heavy atom. The van der Waals surface area contributed by atoms with Crippen LogP contribution in [0.15, 0.2) is 17.1 Å². The molecule has 0 aromatic heterocycles. The van der Waals surface area contributed by atoms with Crippen LogP contribution in [0.3, 0.4) is 0 Å². The van der Waals surface area contributed by atoms with Crippen molar-refractivity contribution in [2.75, 3.05) is 5.73 Å². The van der Waals surface area contributed by atoms with Crippen LogP contribution in [0.2, 0.25) is 0 Å². The summed E-state index contributed by atoms with van der Waals surface area (Å²) in [5, 5.41) is 9.59. The number of nitrogens with zero attached hydrogens (tertiary/aromatic N) is 2. The summed E-state index contributed by atoms with van der Waals surface area (Å²) in [5.41, 5.74) is 10.4. The SMILES string of the molecule is C[C@@H]1[C@@](C)(C#N)SC(N)=N[C@]1(C)c1cc(N)cc(F)c1F. The van der Waals surface area contributed by atoms with Gasteiger partial charge in [0.15, 0.2) is 16.8 Å². The van der Waals surface area contributed by atoms with Gasteiger partial charge in [-0.05, 0) is 26.0 Å². The van der Waals surface area contributed by atoms with E-state index in [0.29, 0.717) is 0 Å². The van der Waals surface area contributed by atoms with Crippen molar-refractivity contribution in [1.82, 2.24) is 0 Å². The van der Waals surface area contributed by atoms with E-state index in [4.69, 9.17) is 11.5 Å². The number of nitrogens with two attached hydrogens (primary N) is 2. The second-order valence-corrected chi connectivity index (χ2v) is 6.97. The molecule has 4 N–H and O–H groups in total. The van der Waals surface area contributed by atoms with E-state index in [0.717, 1.165) is 17.8 Å². The minimum Gasteiger partial charge on any atom is -0.399 e. The van der Waals surface area contributed by atoms with E-state index in [2.05, 4.69) is 11.1 Å². The second kappa shape index (κ2) is 4.88. The maximum atomic E-state index is 14.2. The van der Waals surface area contributed by atoms with Gasteiger partial charge in [0.25, 0.3) is 0 Å². The Kier molecular flexibility index (Phi) is 3.62. The van der Waals surface area contributed by atoms with Gasteiger partial charge in [0.1, 0.15) is 4.75 Å². The van der Waals surface area contributed by atoms with Crippen molar-refractivity contribution < 1.29 is 8.78 Å². The minimum absolute atomic E-state index is 0.0113. The Hall–Kier alpha value is -1.81. The van der Waals surface area contributed by atoms with Gasteiger partial charge >= 0.3 is 0 Å². The molecule has 0 spiro atoms. The van der Waals surface area contributed by atoms with Crippen molar-refractivity contribution in [1.29, 1.82) is 5.26 Å². The van der Waals surface area contributed by atoms with Crippen LogP contribution >= 0.6 is 11.8 Å². The number of aliphatic imine (C=N–C) groups is 1. The van der Waals surface area contributed by atoms with E-state index in [1.807, 2.05) is 0 Å². The Morgan fingerprint density at radius 3 is 2.52 bits per heavy atom. The molecule has 7 heteroatoms. The number of nitrogen functional groups attached to an aromatic ring is 1. The van der Waals surface area contributed by atoms with Crippen molar-refractivity contribution in [2.45, 2.75) is 31.1 Å². The zero-order valence-corrected chi connectivity index (χ0v) is 12.8. The Balaban J connectivity index is 2.72. The molecule has 0 aliphatic carbocycles. The Labute approximate surface area is 126 Å². The number of anilines is 1. The summed E-state index contributed by atoms with van der Waals surface area (Å²) in [5.74, 6) is -2.45. The zero-order chi connectivity index (χ0) is 16.0. The number of amidine groups is 1. The van der Waals surface area contributed by atoms with Crippen LogP contribution in [0.1, 0.15) is 26.3 Å². The maximum Gasteiger partial charge on any atom is 0.164 e. The molecule has 0 saturated heterocycles. The van der Waals surface area contributed by atoms with Gasteiger partial charge in [-0.1, -0.05) is 18.7 Å². The van der Waals surface area contributed by atoms with Crippen molar-refractivity contribution in [2.24, 2.45) is 16.6 Å². The first-order valence-corrected chi connectivity index (χ1v) is 7.16. The van der Waals surface area contributed by atoms with E-state index >= 15 is 0 Å². The predicted molar refractivity (Wildman–Crippen MR) is 80.5 cm³/mol. The lowest BCUT2D eigenvalue weighted by atomic mass is 9.74. The molecular weight excluding hydrogens is 294 g/mol. The van der Waals surface area contributed by atoms with Crippen molar-refractivity contribution in [3.8, 4) is 6.07 Å². The van der Waals surface area contributed by atoms with Gasteiger partial charge < -0.3 is 11.5 Å². The molecule has 1 aliphatic heterocycles. The fraction of sp³-hybridized carbons (Fsp3) is 0.429. The van der Waals surface area contributed by atoms with Gasteiger partial charge in [-0.25, -0.2) is 8.78 Å². The molecule has 1 aliphatic rings. The number of benzene rings is 1. The first kappa shape index (κ1) is 15.6. The Morgan fingerprint density at radius 2 is 1.95 bits per heavy atom. The number of hydrogen-bond donors (Lipinski definition) is 2. The smallest absolute Gasteiger partial charge is 0.164 e. The third-order valence-electron chi connectivity index (χ3n) is 4.15. The highest BCUT2D eigenvalue weighted by Gasteiger charge is 2.50. The van der Waals surface area contributed by atoms with E-state index in [9.17, 15) is 14.0 Å². The molecule has 4 nitrogen and oxygen atoms in total. The largest absolute Gasteiger partial charge is 0.399 e. The molecule has 112 valence electrons. The molecular formula is C14H16F2N4S. The fourth-order valence-corrected chi connectivity index (χ4v) is 3.70. The molecule has 0 radical (unpaired) electrons. The van der Waals surface area contributed by atoms with Crippen molar-refractivity contribution in [3.63, 3.8) is 0 Å². The lowest BCUT2D eigenvalue weighted by molar-refractivity contribution is 0.280. The highest BCUT2D eigenvalue weighted by Crippen LogP contribution is 2.50. The molecule has 3 atom stereocenters. The molecule has 1 heterocycles. The topological polar surface area (TPSA) is 88.2 Å². The standard InChI is InChI=1S/C14H16F2N4S/c1-7-13(2,6-17)21-12(19)20-14(7,3)9-4-8(18)5-10(15)11(9)16/h4-5,7H,18H2,1-3H3,(H2,19,20)/t7-,13-,14+/m1/s1. The average molecular weight is 310 g/mol. The van der Waals surface area contributed by atoms with Gasteiger partial charge in [0.05, 0.1) is 11.6 Å². The van der Waals surface area contributed by atoms with Crippen LogP contribution < -0.4 is 11.5 Å². The first-order chi connectivity index (χ1) is 9.64. The lowest BCUT2D eigenvalue weighted by Crippen LogP contribution is -2.48. The van der Waals surface area contributed by atoms with Gasteiger partial charge in [-0.3, -0.25) is 4.99 Å². The van der Waals surface area contributed by atoms with Crippen LogP contribution in [0.5, 0.6) is 0 Å². The van der Waals surface area contributed by atoms with Gasteiger partial charge in [-0.2, -0.15) is 5.26 Å². The maximum absolute atomic E-state index is 14.2. The summed E-state index contributed by atoms with van der Waals surface area (Å²) in [6, 6.07) is 4.45. The van der Waals surface area contributed by atoms with E-state index in [-0.39, 0.29) is 16.4 Å². The van der Waals surface area contributed by atoms with E-state index < -0.39 is 27.8 Å². The molecule has 0 unspecified atom stereocenters. The normalized spacial score (nSPS) is 32.4. The summed E-state index contributed by atoms with van der Waals surface area (Å²) in [4.78, 5) is 4.30. The van der Waals surface area contributed by atoms with Gasteiger partial charge in [0, 0.05) is 17.2 Å². The van der Waals surface area contributed by atoms with Gasteiger partial charge in [0.2, 0.25) is 0 Å². The quantitative estimate of drug-likeness (QED) is 0.781. The third-order valence-corrected chi connectivity index (χ3v) is 5.32. The van der Waals surface area contributed by atoms with Gasteiger partial charge in [-0.15, -0.1) is 0 Å². The van der Waals surface area contributed by atoms with E-state index in [1.54, 1.807) is 20.8 Å². The predicted octanol–water partition coefficient (Wildman–Crippen LogP) is 2.74. The molecule has 0 bridgehead atoms. The second-order valence-electron chi connectivity index (χ2n) is 5.50. The minimum atomic E-state index is -1.17. The van der Waals surface area contributed by atoms with Crippen LogP contribution in [0.25, 0.3) is 0 Å². The van der Waals surface area contributed by atoms with Crippen molar-refractivity contribution >= 4 is 22.6 Å². The molecule has 0 amide bonds. The zero-order valence-electron chi connectivity index (χ0n) is 11.9. The molecule has 1 aromatic rings. The summed E-state index contributed by atoms with van der Waals surface area (Å²) in [7, 11) is 0. The number of halogens is 2. The van der Waals surface area contributed by atoms with E-state index in [1.165, 1.54) is 6.07 Å². The third kappa shape index (κ3) is 2.33. The molecule has 0 saturated carbocycles. The van der Waals surface area contributed by atoms with Crippen LogP contribution in [0.4, 0.5) is 14.5 Å². The van der Waals surface area contributed by atoms with Crippen molar-refractivity contribution in [3.05, 3.63) is 29.3 Å². The monoisotopic (exact) mass is 310 g/mol. The molecule has 0 fully saturated rings. The molecule has 21 heavy (non-hydrogen) atoms. The van der Waals surface area contributed by atoms with Crippen LogP contribution in [-0.2, 0) is 5.54 Å². The summed E-state index contributed by atoms with van der Waals surface area (Å²) < 4.78 is 27.0. The highest BCUT2D eigenvalue weighted by molar-refractivity contribution is 8.15. The Bertz CT molecular complexity index is 670. The first-order valence-electron chi connectivity index (χ1n) is 6.34. The highest BCUT2D eigenvalue weighted by atomic mass is 32.2. The number of nitriles is 1. The molecule has 1 aromatic carbocycles. The summed E-state index contributed by atoms with van der Waals surface area (Å²) in [6.07, 6.45) is 0. The number of rotatable bonds is 1. The lowest BCUT2D eigenvalue weighted by Gasteiger charge is -2.43. The summed E-state index contributed by atoms with van der Waals surface area (Å²) in [6.45, 7) is 5.12. The number of thioether (sulfide) groups is 1. The molecule has 2 rings (SSSR count). The fourth-order valence-electron chi connectivity index (χ4n) is 2.58. The number of hydrogen-bond acceptors (Lipinski definition) is 5. The van der Waals surface area contributed by atoms with Crippen LogP contribution in [0, 0.1) is 28.9 Å². The summed E-state index contributed by atoms with van der Waals surface area (Å²) >= 11 is 1.13.